The van der Waals surface area contributed by atoms with Gasteiger partial charge in [-0.05, 0) is 25.1 Å². The highest BCUT2D eigenvalue weighted by Gasteiger charge is 2.19. The van der Waals surface area contributed by atoms with Gasteiger partial charge in [0.15, 0.2) is 0 Å². The molecule has 8 heteroatoms. The van der Waals surface area contributed by atoms with Crippen molar-refractivity contribution in [2.45, 2.75) is 13.5 Å². The van der Waals surface area contributed by atoms with Crippen LogP contribution in [-0.2, 0) is 0 Å². The summed E-state index contributed by atoms with van der Waals surface area (Å²) in [6.07, 6.45) is 0. The average molecular weight is 294 g/mol. The second kappa shape index (κ2) is 4.70. The Hall–Kier alpha value is -1.40. The van der Waals surface area contributed by atoms with Gasteiger partial charge in [-0.3, -0.25) is 0 Å². The van der Waals surface area contributed by atoms with Crippen LogP contribution in [0.2, 0.25) is 10.0 Å². The first-order chi connectivity index (χ1) is 8.41. The van der Waals surface area contributed by atoms with E-state index in [1.54, 1.807) is 0 Å². The van der Waals surface area contributed by atoms with Gasteiger partial charge in [-0.1, -0.05) is 23.2 Å². The highest BCUT2D eigenvalue weighted by molar-refractivity contribution is 6.35. The third kappa shape index (κ3) is 2.13. The number of alkyl halides is 2. The Bertz CT molecular complexity index is 651. The molecule has 18 heavy (non-hydrogen) atoms. The zero-order chi connectivity index (χ0) is 13.4. The van der Waals surface area contributed by atoms with Crippen molar-refractivity contribution in [1.82, 2.24) is 14.3 Å². The largest absolute Gasteiger partial charge is 0.355 e. The lowest BCUT2D eigenvalue weighted by Crippen LogP contribution is -2.24. The zero-order valence-corrected chi connectivity index (χ0v) is 10.6. The van der Waals surface area contributed by atoms with E-state index >= 15 is 0 Å². The number of aryl methyl sites for hydroxylation is 1. The molecule has 0 bridgehead atoms. The van der Waals surface area contributed by atoms with Crippen molar-refractivity contribution in [2.24, 2.45) is 0 Å². The summed E-state index contributed by atoms with van der Waals surface area (Å²) >= 11 is 11.6. The van der Waals surface area contributed by atoms with Crippen LogP contribution in [0.1, 0.15) is 12.4 Å². The van der Waals surface area contributed by atoms with Gasteiger partial charge in [-0.2, -0.15) is 13.5 Å². The van der Waals surface area contributed by atoms with E-state index in [2.05, 4.69) is 5.10 Å². The second-order valence-electron chi connectivity index (χ2n) is 3.48. The average Bonchev–Trinajstić information content (AvgIpc) is 2.54. The fourth-order valence-corrected chi connectivity index (χ4v) is 2.00. The second-order valence-corrected chi connectivity index (χ2v) is 4.33. The van der Waals surface area contributed by atoms with Crippen LogP contribution in [-0.4, -0.2) is 14.3 Å². The zero-order valence-electron chi connectivity index (χ0n) is 9.07. The number of aromatic nitrogens is 3. The van der Waals surface area contributed by atoms with Crippen molar-refractivity contribution in [2.75, 3.05) is 0 Å². The maximum atomic E-state index is 12.6. The molecule has 0 fully saturated rings. The maximum absolute atomic E-state index is 12.6. The molecular formula is C10H7Cl2F2N3O. The SMILES string of the molecule is Cc1nn(-c2ccc(Cl)cc2Cl)c(=O)n1C(F)F. The van der Waals surface area contributed by atoms with E-state index in [0.29, 0.717) is 5.02 Å². The number of benzene rings is 1. The first kappa shape index (κ1) is 13.0. The summed E-state index contributed by atoms with van der Waals surface area (Å²) in [5.41, 5.74) is -0.750. The summed E-state index contributed by atoms with van der Waals surface area (Å²) in [6, 6.07) is 4.34. The Morgan fingerprint density at radius 2 is 2.00 bits per heavy atom. The summed E-state index contributed by atoms with van der Waals surface area (Å²) in [7, 11) is 0. The molecule has 0 aliphatic heterocycles. The molecule has 0 aliphatic carbocycles. The normalized spacial score (nSPS) is 11.2. The highest BCUT2D eigenvalue weighted by Crippen LogP contribution is 2.23. The molecule has 0 saturated carbocycles. The number of hydrogen-bond donors (Lipinski definition) is 0. The molecule has 2 aromatic rings. The Kier molecular flexibility index (Phi) is 3.41. The van der Waals surface area contributed by atoms with E-state index in [-0.39, 0.29) is 21.1 Å². The fraction of sp³-hybridized carbons (Fsp3) is 0.200. The van der Waals surface area contributed by atoms with Crippen LogP contribution in [0.25, 0.3) is 5.69 Å². The van der Waals surface area contributed by atoms with Gasteiger partial charge in [0.2, 0.25) is 0 Å². The Labute approximate surface area is 110 Å². The van der Waals surface area contributed by atoms with Crippen LogP contribution in [0.4, 0.5) is 8.78 Å². The van der Waals surface area contributed by atoms with Crippen LogP contribution in [0, 0.1) is 6.92 Å². The van der Waals surface area contributed by atoms with Gasteiger partial charge in [0, 0.05) is 5.02 Å². The van der Waals surface area contributed by atoms with E-state index in [4.69, 9.17) is 23.2 Å². The molecule has 1 aromatic carbocycles. The molecule has 0 unspecified atom stereocenters. The molecule has 0 radical (unpaired) electrons. The third-order valence-electron chi connectivity index (χ3n) is 2.31. The standard InChI is InChI=1S/C10H7Cl2F2N3O/c1-5-15-17(10(18)16(5)9(13)14)8-3-2-6(11)4-7(8)12/h2-4,9H,1H3. The molecule has 0 N–H and O–H groups in total. The first-order valence-electron chi connectivity index (χ1n) is 4.83. The van der Waals surface area contributed by atoms with Crippen LogP contribution >= 0.6 is 23.2 Å². The first-order valence-corrected chi connectivity index (χ1v) is 5.59. The van der Waals surface area contributed by atoms with Crippen LogP contribution in [0.5, 0.6) is 0 Å². The van der Waals surface area contributed by atoms with Crippen LogP contribution < -0.4 is 5.69 Å². The topological polar surface area (TPSA) is 39.8 Å². The van der Waals surface area contributed by atoms with Gasteiger partial charge in [0.25, 0.3) is 0 Å². The molecule has 0 saturated heterocycles. The maximum Gasteiger partial charge on any atom is 0.355 e. The number of hydrogen-bond acceptors (Lipinski definition) is 2. The van der Waals surface area contributed by atoms with E-state index in [1.807, 2.05) is 0 Å². The van der Waals surface area contributed by atoms with Crippen molar-refractivity contribution in [3.05, 3.63) is 44.6 Å². The lowest BCUT2D eigenvalue weighted by atomic mass is 10.3. The van der Waals surface area contributed by atoms with Gasteiger partial charge >= 0.3 is 12.2 Å². The van der Waals surface area contributed by atoms with Gasteiger partial charge in [-0.25, -0.2) is 9.36 Å². The van der Waals surface area contributed by atoms with E-state index in [1.165, 1.54) is 25.1 Å². The predicted molar refractivity (Wildman–Crippen MR) is 63.8 cm³/mol. The van der Waals surface area contributed by atoms with Crippen LogP contribution in [0.3, 0.4) is 0 Å². The molecule has 1 heterocycles. The number of halogens is 4. The minimum Gasteiger partial charge on any atom is -0.245 e. The van der Waals surface area contributed by atoms with Crippen molar-refractivity contribution >= 4 is 23.2 Å². The molecule has 1 aromatic heterocycles. The molecule has 96 valence electrons. The quantitative estimate of drug-likeness (QED) is 0.854. The van der Waals surface area contributed by atoms with E-state index in [9.17, 15) is 13.6 Å². The van der Waals surface area contributed by atoms with E-state index in [0.717, 1.165) is 4.68 Å². The highest BCUT2D eigenvalue weighted by atomic mass is 35.5. The molecule has 0 atom stereocenters. The Morgan fingerprint density at radius 3 is 2.50 bits per heavy atom. The summed E-state index contributed by atoms with van der Waals surface area (Å²) < 4.78 is 26.4. The smallest absolute Gasteiger partial charge is 0.245 e. The lowest BCUT2D eigenvalue weighted by molar-refractivity contribution is 0.0640. The lowest BCUT2D eigenvalue weighted by Gasteiger charge is -2.02. The van der Waals surface area contributed by atoms with Gasteiger partial charge in [0.05, 0.1) is 10.7 Å². The minimum absolute atomic E-state index is 0.0963. The van der Waals surface area contributed by atoms with Gasteiger partial charge in [0.1, 0.15) is 5.82 Å². The van der Waals surface area contributed by atoms with Crippen molar-refractivity contribution in [1.29, 1.82) is 0 Å². The molecular weight excluding hydrogens is 287 g/mol. The van der Waals surface area contributed by atoms with Crippen molar-refractivity contribution in [3.63, 3.8) is 0 Å². The summed E-state index contributed by atoms with van der Waals surface area (Å²) in [6.45, 7) is -1.63. The number of nitrogens with zero attached hydrogens (tertiary/aromatic N) is 3. The predicted octanol–water partition coefficient (Wildman–Crippen LogP) is 3.04. The number of rotatable bonds is 2. The molecule has 0 spiro atoms. The molecule has 4 nitrogen and oxygen atoms in total. The van der Waals surface area contributed by atoms with Crippen LogP contribution in [0.15, 0.2) is 23.0 Å². The van der Waals surface area contributed by atoms with Gasteiger partial charge in [-0.15, -0.1) is 5.10 Å². The molecule has 2 rings (SSSR count). The monoisotopic (exact) mass is 293 g/mol. The minimum atomic E-state index is -2.95. The Balaban J connectivity index is 2.66. The summed E-state index contributed by atoms with van der Waals surface area (Å²) in [4.78, 5) is 11.8. The van der Waals surface area contributed by atoms with Crippen molar-refractivity contribution in [3.8, 4) is 5.69 Å². The summed E-state index contributed by atoms with van der Waals surface area (Å²) in [5.74, 6) is -0.0963. The van der Waals surface area contributed by atoms with Gasteiger partial charge < -0.3 is 0 Å². The molecule has 0 amide bonds. The van der Waals surface area contributed by atoms with E-state index < -0.39 is 12.2 Å². The third-order valence-corrected chi connectivity index (χ3v) is 2.85. The van der Waals surface area contributed by atoms with Crippen molar-refractivity contribution < 1.29 is 8.78 Å². The Morgan fingerprint density at radius 1 is 1.33 bits per heavy atom. The fourth-order valence-electron chi connectivity index (χ4n) is 1.51. The summed E-state index contributed by atoms with van der Waals surface area (Å²) in [5, 5.41) is 4.28. The molecule has 0 aliphatic rings.